The van der Waals surface area contributed by atoms with Crippen LogP contribution in [0.3, 0.4) is 0 Å². The fourth-order valence-electron chi connectivity index (χ4n) is 2.20. The highest BCUT2D eigenvalue weighted by atomic mass is 31.2. The molecule has 21 heavy (non-hydrogen) atoms. The van der Waals surface area contributed by atoms with Gasteiger partial charge in [-0.25, -0.2) is 9.36 Å². The van der Waals surface area contributed by atoms with Crippen LogP contribution in [0.25, 0.3) is 0 Å². The monoisotopic (exact) mass is 328 g/mol. The summed E-state index contributed by atoms with van der Waals surface area (Å²) in [7, 11) is -4.74. The molecule has 6 N–H and O–H groups in total. The van der Waals surface area contributed by atoms with Crippen LogP contribution in [0.5, 0.6) is 0 Å². The van der Waals surface area contributed by atoms with E-state index >= 15 is 0 Å². The molecular formula is C9H17N2O9P. The summed E-state index contributed by atoms with van der Waals surface area (Å²) in [5.74, 6) is 0. The highest BCUT2D eigenvalue weighted by Crippen LogP contribution is 2.37. The fraction of sp³-hybridized carbons (Fsp3) is 0.889. The maximum absolute atomic E-state index is 11.7. The van der Waals surface area contributed by atoms with E-state index in [4.69, 9.17) is 14.5 Å². The van der Waals surface area contributed by atoms with Crippen molar-refractivity contribution in [1.82, 2.24) is 10.2 Å². The van der Waals surface area contributed by atoms with E-state index in [2.05, 4.69) is 9.84 Å². The van der Waals surface area contributed by atoms with Crippen LogP contribution in [0, 0.1) is 0 Å². The van der Waals surface area contributed by atoms with Crippen molar-refractivity contribution in [2.75, 3.05) is 13.2 Å². The molecule has 122 valence electrons. The Kier molecular flexibility index (Phi) is 4.85. The lowest BCUT2D eigenvalue weighted by Crippen LogP contribution is -2.57. The van der Waals surface area contributed by atoms with Gasteiger partial charge in [0.15, 0.2) is 6.23 Å². The summed E-state index contributed by atoms with van der Waals surface area (Å²) in [5.41, 5.74) is 0. The molecular weight excluding hydrogens is 311 g/mol. The number of urea groups is 1. The van der Waals surface area contributed by atoms with E-state index in [-0.39, 0.29) is 13.0 Å². The molecule has 0 aliphatic carbocycles. The second-order valence-electron chi connectivity index (χ2n) is 4.78. The summed E-state index contributed by atoms with van der Waals surface area (Å²) < 4.78 is 20.1. The van der Waals surface area contributed by atoms with Crippen molar-refractivity contribution < 1.29 is 43.7 Å². The normalized spacial score (nSPS) is 37.7. The number of hydrogen-bond acceptors (Lipinski definition) is 7. The summed E-state index contributed by atoms with van der Waals surface area (Å²) >= 11 is 0. The van der Waals surface area contributed by atoms with E-state index < -0.39 is 51.2 Å². The maximum Gasteiger partial charge on any atom is 0.469 e. The maximum atomic E-state index is 11.7. The molecule has 0 bridgehead atoms. The van der Waals surface area contributed by atoms with Crippen LogP contribution in [-0.4, -0.2) is 80.0 Å². The molecule has 2 rings (SSSR count). The molecule has 2 fully saturated rings. The number of rotatable bonds is 4. The second-order valence-corrected chi connectivity index (χ2v) is 6.02. The van der Waals surface area contributed by atoms with E-state index in [9.17, 15) is 24.7 Å². The van der Waals surface area contributed by atoms with E-state index in [0.29, 0.717) is 0 Å². The van der Waals surface area contributed by atoms with Crippen LogP contribution in [0.15, 0.2) is 0 Å². The lowest BCUT2D eigenvalue weighted by Gasteiger charge is -2.35. The standard InChI is InChI=1S/C9H17N2O9P/c12-5-1-2-11(9(15)10-5)8-7(14)6(13)4(20-8)3-19-21(16,17)18/h4-8,12-14H,1-3H2,(H,10,15)(H2,16,17,18)/t4-,5?,6-,7-,8-/m1/s1. The molecule has 2 aliphatic rings. The van der Waals surface area contributed by atoms with Gasteiger partial charge in [0.1, 0.15) is 24.5 Å². The number of aliphatic hydroxyl groups excluding tert-OH is 3. The largest absolute Gasteiger partial charge is 0.469 e. The van der Waals surface area contributed by atoms with Gasteiger partial charge in [-0.05, 0) is 0 Å². The zero-order valence-electron chi connectivity index (χ0n) is 10.8. The van der Waals surface area contributed by atoms with Gasteiger partial charge in [0.05, 0.1) is 6.61 Å². The van der Waals surface area contributed by atoms with Gasteiger partial charge in [-0.1, -0.05) is 0 Å². The SMILES string of the molecule is O=C1NC(O)CCN1[C@@H]1O[C@H](COP(=O)(O)O)[C@@H](O)[C@H]1O. The first-order valence-electron chi connectivity index (χ1n) is 6.16. The number of amides is 2. The van der Waals surface area contributed by atoms with Crippen LogP contribution in [0.1, 0.15) is 6.42 Å². The number of hydrogen-bond donors (Lipinski definition) is 6. The van der Waals surface area contributed by atoms with Crippen LogP contribution < -0.4 is 5.32 Å². The average molecular weight is 328 g/mol. The highest BCUT2D eigenvalue weighted by molar-refractivity contribution is 7.46. The Morgan fingerprint density at radius 3 is 2.57 bits per heavy atom. The first-order chi connectivity index (χ1) is 9.69. The van der Waals surface area contributed by atoms with Crippen molar-refractivity contribution in [1.29, 1.82) is 0 Å². The molecule has 2 heterocycles. The number of nitrogens with one attached hydrogen (secondary N) is 1. The predicted octanol–water partition coefficient (Wildman–Crippen LogP) is -2.72. The number of phosphoric ester groups is 1. The quantitative estimate of drug-likeness (QED) is 0.300. The molecule has 0 spiro atoms. The third-order valence-corrected chi connectivity index (χ3v) is 3.73. The van der Waals surface area contributed by atoms with Gasteiger partial charge in [0.2, 0.25) is 0 Å². The first kappa shape index (κ1) is 16.6. The minimum atomic E-state index is -4.74. The zero-order chi connectivity index (χ0) is 15.8. The van der Waals surface area contributed by atoms with Crippen molar-refractivity contribution in [2.24, 2.45) is 0 Å². The minimum Gasteiger partial charge on any atom is -0.387 e. The summed E-state index contributed by atoms with van der Waals surface area (Å²) in [4.78, 5) is 30.0. The van der Waals surface area contributed by atoms with Gasteiger partial charge in [0.25, 0.3) is 0 Å². The lowest BCUT2D eigenvalue weighted by molar-refractivity contribution is -0.0888. The van der Waals surface area contributed by atoms with E-state index in [0.717, 1.165) is 4.90 Å². The van der Waals surface area contributed by atoms with E-state index in [1.54, 1.807) is 0 Å². The van der Waals surface area contributed by atoms with Crippen LogP contribution >= 0.6 is 7.82 Å². The summed E-state index contributed by atoms with van der Waals surface area (Å²) in [5, 5.41) is 31.2. The van der Waals surface area contributed by atoms with Crippen molar-refractivity contribution in [2.45, 2.75) is 37.2 Å². The number of phosphoric acid groups is 1. The molecule has 2 amide bonds. The lowest BCUT2D eigenvalue weighted by atomic mass is 10.1. The van der Waals surface area contributed by atoms with Gasteiger partial charge in [-0.3, -0.25) is 9.42 Å². The number of carbonyl (C=O) groups is 1. The van der Waals surface area contributed by atoms with E-state index in [1.165, 1.54) is 0 Å². The molecule has 11 nitrogen and oxygen atoms in total. The Balaban J connectivity index is 1.99. The number of carbonyl (C=O) groups excluding carboxylic acids is 1. The molecule has 2 saturated heterocycles. The van der Waals surface area contributed by atoms with Gasteiger partial charge in [0, 0.05) is 13.0 Å². The van der Waals surface area contributed by atoms with Crippen LogP contribution in [0.2, 0.25) is 0 Å². The van der Waals surface area contributed by atoms with Gasteiger partial charge < -0.3 is 35.2 Å². The van der Waals surface area contributed by atoms with Crippen molar-refractivity contribution in [3.05, 3.63) is 0 Å². The molecule has 1 unspecified atom stereocenters. The molecule has 0 radical (unpaired) electrons. The number of nitrogens with zero attached hydrogens (tertiary/aromatic N) is 1. The molecule has 5 atom stereocenters. The minimum absolute atomic E-state index is 0.0908. The Morgan fingerprint density at radius 2 is 2.00 bits per heavy atom. The first-order valence-corrected chi connectivity index (χ1v) is 7.69. The second kappa shape index (κ2) is 6.15. The van der Waals surface area contributed by atoms with Crippen molar-refractivity contribution in [3.63, 3.8) is 0 Å². The predicted molar refractivity (Wildman–Crippen MR) is 64.5 cm³/mol. The Bertz CT molecular complexity index is 443. The number of ether oxygens (including phenoxy) is 1. The Morgan fingerprint density at radius 1 is 1.33 bits per heavy atom. The summed E-state index contributed by atoms with van der Waals surface area (Å²) in [6, 6.07) is -0.679. The third-order valence-electron chi connectivity index (χ3n) is 3.25. The topological polar surface area (TPSA) is 169 Å². The highest BCUT2D eigenvalue weighted by Gasteiger charge is 2.48. The smallest absolute Gasteiger partial charge is 0.387 e. The molecule has 0 saturated carbocycles. The summed E-state index contributed by atoms with van der Waals surface area (Å²) in [6.07, 6.45) is -6.11. The van der Waals surface area contributed by atoms with Crippen LogP contribution in [0.4, 0.5) is 4.79 Å². The molecule has 0 aromatic rings. The molecule has 12 heteroatoms. The van der Waals surface area contributed by atoms with Gasteiger partial charge >= 0.3 is 13.9 Å². The Labute approximate surface area is 119 Å². The Hall–Kier alpha value is -0.780. The third kappa shape index (κ3) is 3.90. The van der Waals surface area contributed by atoms with Gasteiger partial charge in [-0.15, -0.1) is 0 Å². The molecule has 0 aromatic heterocycles. The fourth-order valence-corrected chi connectivity index (χ4v) is 2.54. The average Bonchev–Trinajstić information content (AvgIpc) is 2.64. The van der Waals surface area contributed by atoms with Gasteiger partial charge in [-0.2, -0.15) is 0 Å². The van der Waals surface area contributed by atoms with E-state index in [1.807, 2.05) is 0 Å². The zero-order valence-corrected chi connectivity index (χ0v) is 11.7. The molecule has 2 aliphatic heterocycles. The number of aliphatic hydroxyl groups is 3. The van der Waals surface area contributed by atoms with Crippen LogP contribution in [-0.2, 0) is 13.8 Å². The van der Waals surface area contributed by atoms with Crippen molar-refractivity contribution >= 4 is 13.9 Å². The molecule has 0 aromatic carbocycles. The van der Waals surface area contributed by atoms with Crippen molar-refractivity contribution in [3.8, 4) is 0 Å². The summed E-state index contributed by atoms with van der Waals surface area (Å²) in [6.45, 7) is -0.551.